The predicted octanol–water partition coefficient (Wildman–Crippen LogP) is 2.13. The van der Waals surface area contributed by atoms with Gasteiger partial charge >= 0.3 is 5.97 Å². The summed E-state index contributed by atoms with van der Waals surface area (Å²) in [6, 6.07) is 0.284. The van der Waals surface area contributed by atoms with Crippen LogP contribution >= 0.6 is 0 Å². The molecule has 0 aromatic carbocycles. The highest BCUT2D eigenvalue weighted by Crippen LogP contribution is 2.28. The molecule has 1 amide bonds. The van der Waals surface area contributed by atoms with Crippen molar-refractivity contribution in [3.05, 3.63) is 0 Å². The SMILES string of the molecule is CC(C)C1CCCN1C(=O)CC(C)(C)C(=O)O. The lowest BCUT2D eigenvalue weighted by Crippen LogP contribution is -2.41. The first-order valence-corrected chi connectivity index (χ1v) is 6.28. The van der Waals surface area contributed by atoms with Gasteiger partial charge in [0.2, 0.25) is 5.91 Å². The van der Waals surface area contributed by atoms with Crippen molar-refractivity contribution < 1.29 is 14.7 Å². The second-order valence-electron chi connectivity index (χ2n) is 5.91. The van der Waals surface area contributed by atoms with Crippen molar-refractivity contribution in [2.45, 2.75) is 53.0 Å². The van der Waals surface area contributed by atoms with Crippen LogP contribution in [-0.2, 0) is 9.59 Å². The third-order valence-electron chi connectivity index (χ3n) is 3.56. The van der Waals surface area contributed by atoms with Gasteiger partial charge < -0.3 is 10.0 Å². The fourth-order valence-electron chi connectivity index (χ4n) is 2.35. The van der Waals surface area contributed by atoms with Gasteiger partial charge in [-0.05, 0) is 32.6 Å². The molecule has 1 aliphatic rings. The van der Waals surface area contributed by atoms with E-state index < -0.39 is 11.4 Å². The van der Waals surface area contributed by atoms with Crippen molar-refractivity contribution in [2.24, 2.45) is 11.3 Å². The van der Waals surface area contributed by atoms with Crippen LogP contribution in [0.1, 0.15) is 47.0 Å². The number of carbonyl (C=O) groups excluding carboxylic acids is 1. The number of aliphatic carboxylic acids is 1. The van der Waals surface area contributed by atoms with E-state index in [1.807, 2.05) is 4.90 Å². The largest absolute Gasteiger partial charge is 0.481 e. The first-order chi connectivity index (χ1) is 7.75. The van der Waals surface area contributed by atoms with Crippen LogP contribution in [0.25, 0.3) is 0 Å². The molecule has 1 heterocycles. The summed E-state index contributed by atoms with van der Waals surface area (Å²) in [5.74, 6) is -0.492. The van der Waals surface area contributed by atoms with Gasteiger partial charge in [-0.1, -0.05) is 13.8 Å². The number of hydrogen-bond acceptors (Lipinski definition) is 2. The highest BCUT2D eigenvalue weighted by molar-refractivity contribution is 5.84. The minimum atomic E-state index is -0.971. The monoisotopic (exact) mass is 241 g/mol. The summed E-state index contributed by atoms with van der Waals surface area (Å²) in [4.78, 5) is 25.0. The average molecular weight is 241 g/mol. The maximum Gasteiger partial charge on any atom is 0.309 e. The summed E-state index contributed by atoms with van der Waals surface area (Å²) < 4.78 is 0. The van der Waals surface area contributed by atoms with Crippen LogP contribution in [0.4, 0.5) is 0 Å². The fourth-order valence-corrected chi connectivity index (χ4v) is 2.35. The van der Waals surface area contributed by atoms with E-state index in [9.17, 15) is 9.59 Å². The molecule has 0 radical (unpaired) electrons. The zero-order valence-corrected chi connectivity index (χ0v) is 11.2. The number of rotatable bonds is 4. The molecule has 1 aliphatic heterocycles. The predicted molar refractivity (Wildman–Crippen MR) is 65.6 cm³/mol. The molecule has 0 aliphatic carbocycles. The molecule has 0 spiro atoms. The van der Waals surface area contributed by atoms with Crippen LogP contribution in [0, 0.1) is 11.3 Å². The van der Waals surface area contributed by atoms with Gasteiger partial charge in [0.15, 0.2) is 0 Å². The van der Waals surface area contributed by atoms with E-state index in [0.717, 1.165) is 19.4 Å². The third kappa shape index (κ3) is 3.20. The molecule has 1 saturated heterocycles. The van der Waals surface area contributed by atoms with Gasteiger partial charge in [0, 0.05) is 19.0 Å². The zero-order chi connectivity index (χ0) is 13.2. The molecule has 17 heavy (non-hydrogen) atoms. The van der Waals surface area contributed by atoms with Crippen molar-refractivity contribution in [2.75, 3.05) is 6.54 Å². The highest BCUT2D eigenvalue weighted by atomic mass is 16.4. The topological polar surface area (TPSA) is 57.6 Å². The Morgan fingerprint density at radius 3 is 2.47 bits per heavy atom. The molecule has 4 heteroatoms. The van der Waals surface area contributed by atoms with Crippen molar-refractivity contribution in [1.82, 2.24) is 4.90 Å². The van der Waals surface area contributed by atoms with Crippen LogP contribution in [-0.4, -0.2) is 34.5 Å². The first-order valence-electron chi connectivity index (χ1n) is 6.28. The summed E-state index contributed by atoms with van der Waals surface area (Å²) in [5.41, 5.74) is -0.971. The second kappa shape index (κ2) is 5.07. The van der Waals surface area contributed by atoms with Gasteiger partial charge in [0.05, 0.1) is 5.41 Å². The van der Waals surface area contributed by atoms with Crippen molar-refractivity contribution >= 4 is 11.9 Å². The molecule has 4 nitrogen and oxygen atoms in total. The lowest BCUT2D eigenvalue weighted by atomic mass is 9.88. The molecule has 1 unspecified atom stereocenters. The van der Waals surface area contributed by atoms with Crippen molar-refractivity contribution in [1.29, 1.82) is 0 Å². The molecular formula is C13H23NO3. The second-order valence-corrected chi connectivity index (χ2v) is 5.91. The molecule has 0 aromatic heterocycles. The highest BCUT2D eigenvalue weighted by Gasteiger charge is 2.36. The van der Waals surface area contributed by atoms with Gasteiger partial charge in [-0.25, -0.2) is 0 Å². The minimum absolute atomic E-state index is 0.0198. The van der Waals surface area contributed by atoms with Crippen LogP contribution in [0.15, 0.2) is 0 Å². The molecule has 0 bridgehead atoms. The van der Waals surface area contributed by atoms with Gasteiger partial charge in [-0.15, -0.1) is 0 Å². The average Bonchev–Trinajstić information content (AvgIpc) is 2.64. The van der Waals surface area contributed by atoms with Crippen molar-refractivity contribution in [3.8, 4) is 0 Å². The fraction of sp³-hybridized carbons (Fsp3) is 0.846. The Morgan fingerprint density at radius 1 is 1.41 bits per heavy atom. The Kier molecular flexibility index (Phi) is 4.17. The van der Waals surface area contributed by atoms with E-state index in [0.29, 0.717) is 5.92 Å². The minimum Gasteiger partial charge on any atom is -0.481 e. The Hall–Kier alpha value is -1.06. The molecule has 0 aromatic rings. The third-order valence-corrected chi connectivity index (χ3v) is 3.56. The van der Waals surface area contributed by atoms with E-state index in [4.69, 9.17) is 5.11 Å². The van der Waals surface area contributed by atoms with E-state index in [2.05, 4.69) is 13.8 Å². The summed E-state index contributed by atoms with van der Waals surface area (Å²) in [7, 11) is 0. The zero-order valence-electron chi connectivity index (χ0n) is 11.2. The van der Waals surface area contributed by atoms with Crippen LogP contribution in [0.2, 0.25) is 0 Å². The van der Waals surface area contributed by atoms with Crippen LogP contribution < -0.4 is 0 Å². The molecule has 1 fully saturated rings. The maximum absolute atomic E-state index is 12.1. The Labute approximate surface area is 103 Å². The van der Waals surface area contributed by atoms with E-state index >= 15 is 0 Å². The van der Waals surface area contributed by atoms with E-state index in [1.54, 1.807) is 13.8 Å². The van der Waals surface area contributed by atoms with Crippen molar-refractivity contribution in [3.63, 3.8) is 0 Å². The van der Waals surface area contributed by atoms with E-state index in [1.165, 1.54) is 0 Å². The number of carboxylic acid groups (broad SMARTS) is 1. The van der Waals surface area contributed by atoms with Gasteiger partial charge in [-0.2, -0.15) is 0 Å². The molecule has 1 N–H and O–H groups in total. The molecular weight excluding hydrogens is 218 g/mol. The Balaban J connectivity index is 2.67. The number of amides is 1. The molecule has 98 valence electrons. The standard InChI is InChI=1S/C13H23NO3/c1-9(2)10-6-5-7-14(10)11(15)8-13(3,4)12(16)17/h9-10H,5-8H2,1-4H3,(H,16,17). The quantitative estimate of drug-likeness (QED) is 0.820. The Bertz CT molecular complexity index is 310. The number of likely N-dealkylation sites (tertiary alicyclic amines) is 1. The lowest BCUT2D eigenvalue weighted by Gasteiger charge is -2.30. The van der Waals surface area contributed by atoms with Crippen LogP contribution in [0.5, 0.6) is 0 Å². The molecule has 1 atom stereocenters. The normalized spacial score (nSPS) is 21.0. The maximum atomic E-state index is 12.1. The summed E-state index contributed by atoms with van der Waals surface area (Å²) in [6.07, 6.45) is 2.16. The summed E-state index contributed by atoms with van der Waals surface area (Å²) >= 11 is 0. The number of nitrogens with zero attached hydrogens (tertiary/aromatic N) is 1. The van der Waals surface area contributed by atoms with Gasteiger partial charge in [0.25, 0.3) is 0 Å². The smallest absolute Gasteiger partial charge is 0.309 e. The van der Waals surface area contributed by atoms with Gasteiger partial charge in [-0.3, -0.25) is 9.59 Å². The number of carbonyl (C=O) groups is 2. The lowest BCUT2D eigenvalue weighted by molar-refractivity contribution is -0.151. The Morgan fingerprint density at radius 2 is 2.00 bits per heavy atom. The van der Waals surface area contributed by atoms with Crippen LogP contribution in [0.3, 0.4) is 0 Å². The van der Waals surface area contributed by atoms with E-state index in [-0.39, 0.29) is 18.4 Å². The summed E-state index contributed by atoms with van der Waals surface area (Å²) in [5, 5.41) is 9.04. The number of hydrogen-bond donors (Lipinski definition) is 1. The molecule has 0 saturated carbocycles. The number of carboxylic acids is 1. The van der Waals surface area contributed by atoms with Gasteiger partial charge in [0.1, 0.15) is 0 Å². The first kappa shape index (κ1) is 14.0. The summed E-state index contributed by atoms with van der Waals surface area (Å²) in [6.45, 7) is 8.20. The molecule has 1 rings (SSSR count).